The van der Waals surface area contributed by atoms with Gasteiger partial charge in [0.05, 0.1) is 4.90 Å². The van der Waals surface area contributed by atoms with Crippen LogP contribution in [-0.4, -0.2) is 68.8 Å². The molecule has 0 heterocycles. The summed E-state index contributed by atoms with van der Waals surface area (Å²) in [5.74, 6) is 0.630. The summed E-state index contributed by atoms with van der Waals surface area (Å²) in [6.45, 7) is 4.23. The Hall–Kier alpha value is -2.84. The van der Waals surface area contributed by atoms with Gasteiger partial charge in [-0.25, -0.2) is 8.42 Å². The first-order chi connectivity index (χ1) is 22.9. The maximum absolute atomic E-state index is 12.1. The van der Waals surface area contributed by atoms with Crippen molar-refractivity contribution in [3.05, 3.63) is 96.1 Å². The van der Waals surface area contributed by atoms with Gasteiger partial charge in [-0.2, -0.15) is 8.42 Å². The summed E-state index contributed by atoms with van der Waals surface area (Å²) < 4.78 is 77.6. The van der Waals surface area contributed by atoms with Crippen LogP contribution in [0.4, 0.5) is 0 Å². The van der Waals surface area contributed by atoms with Crippen molar-refractivity contribution in [1.82, 2.24) is 0 Å². The van der Waals surface area contributed by atoms with E-state index in [-0.39, 0.29) is 65.6 Å². The van der Waals surface area contributed by atoms with Crippen LogP contribution in [0.5, 0.6) is 34.5 Å². The molecule has 4 aromatic rings. The summed E-state index contributed by atoms with van der Waals surface area (Å²) in [7, 11) is -9.04. The van der Waals surface area contributed by atoms with Gasteiger partial charge in [-0.05, 0) is 73.7 Å². The monoisotopic (exact) mass is 738 g/mol. The van der Waals surface area contributed by atoms with Crippen molar-refractivity contribution in [2.45, 2.75) is 87.8 Å². The molecule has 0 bridgehead atoms. The third-order valence-electron chi connectivity index (χ3n) is 7.44. The average Bonchev–Trinajstić information content (AvgIpc) is 3.03. The third-order valence-corrected chi connectivity index (χ3v) is 9.21. The van der Waals surface area contributed by atoms with Crippen LogP contribution in [0.15, 0.2) is 94.7 Å². The van der Waals surface area contributed by atoms with E-state index >= 15 is 0 Å². The van der Waals surface area contributed by atoms with E-state index in [4.69, 9.17) is 9.47 Å². The maximum atomic E-state index is 12.1. The molecule has 10 nitrogen and oxygen atoms in total. The summed E-state index contributed by atoms with van der Waals surface area (Å²) in [4.78, 5) is -0.733. The Morgan fingerprint density at radius 1 is 0.592 bits per heavy atom. The predicted molar refractivity (Wildman–Crippen MR) is 186 cm³/mol. The van der Waals surface area contributed by atoms with Gasteiger partial charge in [0, 0.05) is 5.56 Å². The van der Waals surface area contributed by atoms with Crippen molar-refractivity contribution < 1.29 is 45.6 Å². The molecule has 4 rings (SSSR count). The Labute approximate surface area is 319 Å². The first-order valence-electron chi connectivity index (χ1n) is 15.9. The van der Waals surface area contributed by atoms with E-state index in [1.54, 1.807) is 42.5 Å². The van der Waals surface area contributed by atoms with E-state index in [9.17, 15) is 36.2 Å². The van der Waals surface area contributed by atoms with Crippen LogP contribution in [0, 0.1) is 0 Å². The van der Waals surface area contributed by atoms with E-state index < -0.39 is 25.1 Å². The zero-order valence-corrected chi connectivity index (χ0v) is 31.7. The second-order valence-corrected chi connectivity index (χ2v) is 13.9. The molecule has 0 aliphatic carbocycles. The van der Waals surface area contributed by atoms with Crippen molar-refractivity contribution in [1.29, 1.82) is 0 Å². The van der Waals surface area contributed by atoms with Crippen LogP contribution in [0.3, 0.4) is 0 Å². The Morgan fingerprint density at radius 2 is 1.04 bits per heavy atom. The molecule has 0 spiro atoms. The standard InChI is InChI=1S/2C18H22O5S.Ca/c2*1-2-3-4-5-9-14-15(19)10-8-12-16(14)23-17-11-6-7-13-18(17)24(20,21)22;/h2*6-8,10-13,19H,2-5,9H2,1H3,(H,20,21,22);/q;;+2/p-2. The fourth-order valence-corrected chi connectivity index (χ4v) is 6.19. The van der Waals surface area contributed by atoms with E-state index in [0.717, 1.165) is 51.4 Å². The summed E-state index contributed by atoms with van der Waals surface area (Å²) in [5, 5.41) is 22.2. The van der Waals surface area contributed by atoms with Crippen LogP contribution < -0.4 is 14.6 Å². The molecule has 0 aromatic heterocycles. The van der Waals surface area contributed by atoms with Crippen molar-refractivity contribution >= 4 is 58.0 Å². The Morgan fingerprint density at radius 3 is 1.57 bits per heavy atom. The molecule has 0 saturated heterocycles. The number of hydrogen-bond donors (Lipinski definition) is 2. The molecule has 0 aliphatic heterocycles. The number of phenolic OH excluding ortho intramolecular Hbond substituents is 1. The molecule has 0 unspecified atom stereocenters. The summed E-state index contributed by atoms with van der Waals surface area (Å²) in [6.07, 6.45) is 9.43. The number of benzene rings is 4. The molecule has 49 heavy (non-hydrogen) atoms. The third kappa shape index (κ3) is 13.4. The minimum Gasteiger partial charge on any atom is -0.872 e. The number of aromatic hydroxyl groups is 1. The van der Waals surface area contributed by atoms with Gasteiger partial charge in [-0.3, -0.25) is 4.55 Å². The second-order valence-electron chi connectivity index (χ2n) is 11.1. The topological polar surface area (TPSA) is 173 Å². The SMILES string of the molecule is CCCCCCc1c(O)cccc1Oc1ccccc1S(=O)(=O)O.CCCCCCc1c([O-])cccc1Oc1ccccc1S(=O)(=O)[O-].[Ca+2]. The van der Waals surface area contributed by atoms with Crippen molar-refractivity contribution in [3.8, 4) is 34.5 Å². The number of para-hydroxylation sites is 2. The molecule has 0 aliphatic rings. The molecular formula is C36H42CaO10S2. The first kappa shape index (κ1) is 42.3. The van der Waals surface area contributed by atoms with Gasteiger partial charge in [-0.1, -0.05) is 94.8 Å². The summed E-state index contributed by atoms with van der Waals surface area (Å²) in [6, 6.07) is 21.0. The van der Waals surface area contributed by atoms with Crippen LogP contribution in [0.2, 0.25) is 0 Å². The number of hydrogen-bond acceptors (Lipinski definition) is 9. The Bertz CT molecular complexity index is 1710. The van der Waals surface area contributed by atoms with E-state index in [1.807, 2.05) is 0 Å². The predicted octanol–water partition coefficient (Wildman–Crippen LogP) is 7.75. The van der Waals surface area contributed by atoms with Crippen molar-refractivity contribution in [2.75, 3.05) is 0 Å². The van der Waals surface area contributed by atoms with Crippen LogP contribution in [-0.2, 0) is 33.1 Å². The molecule has 260 valence electrons. The van der Waals surface area contributed by atoms with Gasteiger partial charge in [0.15, 0.2) is 0 Å². The quantitative estimate of drug-likeness (QED) is 0.0657. The smallest absolute Gasteiger partial charge is 0.872 e. The largest absolute Gasteiger partial charge is 2.00 e. The molecule has 2 N–H and O–H groups in total. The maximum Gasteiger partial charge on any atom is 2.00 e. The van der Waals surface area contributed by atoms with E-state index in [1.165, 1.54) is 42.5 Å². The summed E-state index contributed by atoms with van der Waals surface area (Å²) in [5.41, 5.74) is 1.14. The van der Waals surface area contributed by atoms with Crippen LogP contribution in [0.25, 0.3) is 0 Å². The molecule has 0 saturated carbocycles. The Kier molecular flexibility index (Phi) is 17.9. The second kappa shape index (κ2) is 20.7. The average molecular weight is 739 g/mol. The molecular weight excluding hydrogens is 697 g/mol. The van der Waals surface area contributed by atoms with E-state index in [0.29, 0.717) is 35.5 Å². The fourth-order valence-electron chi connectivity index (χ4n) is 4.97. The number of phenols is 1. The molecule has 0 fully saturated rings. The Balaban J connectivity index is 0.000000333. The molecule has 13 heteroatoms. The van der Waals surface area contributed by atoms with Crippen molar-refractivity contribution in [2.24, 2.45) is 0 Å². The van der Waals surface area contributed by atoms with Gasteiger partial charge in [0.2, 0.25) is 0 Å². The number of rotatable bonds is 16. The number of ether oxygens (including phenoxy) is 2. The fraction of sp³-hybridized carbons (Fsp3) is 0.333. The zero-order chi connectivity index (χ0) is 35.2. The normalized spacial score (nSPS) is 11.2. The molecule has 0 radical (unpaired) electrons. The minimum atomic E-state index is -4.65. The van der Waals surface area contributed by atoms with Crippen LogP contribution >= 0.6 is 0 Å². The van der Waals surface area contributed by atoms with Gasteiger partial charge in [0.1, 0.15) is 43.8 Å². The van der Waals surface area contributed by atoms with E-state index in [2.05, 4.69) is 13.8 Å². The first-order valence-corrected chi connectivity index (χ1v) is 18.8. The van der Waals surface area contributed by atoms with Gasteiger partial charge >= 0.3 is 37.7 Å². The molecule has 0 atom stereocenters. The van der Waals surface area contributed by atoms with Gasteiger partial charge < -0.3 is 24.2 Å². The minimum absolute atomic E-state index is 0. The molecule has 4 aromatic carbocycles. The zero-order valence-electron chi connectivity index (χ0n) is 27.8. The number of unbranched alkanes of at least 4 members (excludes halogenated alkanes) is 6. The van der Waals surface area contributed by atoms with Gasteiger partial charge in [-0.15, -0.1) is 5.75 Å². The summed E-state index contributed by atoms with van der Waals surface area (Å²) >= 11 is 0. The van der Waals surface area contributed by atoms with Crippen LogP contribution in [0.1, 0.15) is 76.3 Å². The van der Waals surface area contributed by atoms with Gasteiger partial charge in [0.25, 0.3) is 10.1 Å². The molecule has 0 amide bonds. The van der Waals surface area contributed by atoms with Crippen molar-refractivity contribution in [3.63, 3.8) is 0 Å².